The van der Waals surface area contributed by atoms with E-state index in [1.54, 1.807) is 36.4 Å². The molecule has 0 atom stereocenters. The first-order valence-corrected chi connectivity index (χ1v) is 9.68. The fourth-order valence-electron chi connectivity index (χ4n) is 3.36. The summed E-state index contributed by atoms with van der Waals surface area (Å²) in [5.41, 5.74) is 6.85. The van der Waals surface area contributed by atoms with Crippen molar-refractivity contribution >= 4 is 17.5 Å². The predicted molar refractivity (Wildman–Crippen MR) is 108 cm³/mol. The van der Waals surface area contributed by atoms with E-state index in [1.807, 2.05) is 4.90 Å². The zero-order valence-electron chi connectivity index (χ0n) is 16.7. The van der Waals surface area contributed by atoms with Gasteiger partial charge in [-0.15, -0.1) is 13.2 Å². The molecular weight excluding hydrogens is 413 g/mol. The van der Waals surface area contributed by atoms with Gasteiger partial charge in [0.2, 0.25) is 5.91 Å². The van der Waals surface area contributed by atoms with Gasteiger partial charge in [0.15, 0.2) is 0 Å². The van der Waals surface area contributed by atoms with E-state index in [9.17, 15) is 22.8 Å². The summed E-state index contributed by atoms with van der Waals surface area (Å²) in [5, 5.41) is 2.72. The minimum absolute atomic E-state index is 0.185. The average Bonchev–Trinajstić information content (AvgIpc) is 2.70. The third kappa shape index (κ3) is 6.97. The van der Waals surface area contributed by atoms with Gasteiger partial charge >= 0.3 is 6.36 Å². The first-order valence-electron chi connectivity index (χ1n) is 9.68. The van der Waals surface area contributed by atoms with Crippen LogP contribution in [0.4, 0.5) is 18.9 Å². The van der Waals surface area contributed by atoms with E-state index in [0.717, 1.165) is 5.56 Å². The number of piperazine rings is 1. The van der Waals surface area contributed by atoms with E-state index in [-0.39, 0.29) is 23.8 Å². The second-order valence-corrected chi connectivity index (χ2v) is 7.20. The maximum absolute atomic E-state index is 12.3. The van der Waals surface area contributed by atoms with Crippen molar-refractivity contribution in [2.45, 2.75) is 12.9 Å². The Kier molecular flexibility index (Phi) is 7.13. The van der Waals surface area contributed by atoms with E-state index in [4.69, 9.17) is 5.73 Å². The Morgan fingerprint density at radius 1 is 0.968 bits per heavy atom. The fraction of sp³-hybridized carbons (Fsp3) is 0.333. The third-order valence-corrected chi connectivity index (χ3v) is 4.86. The average molecular weight is 436 g/mol. The highest BCUT2D eigenvalue weighted by atomic mass is 19.4. The number of carbonyl (C=O) groups is 2. The molecule has 2 aromatic carbocycles. The Morgan fingerprint density at radius 2 is 1.58 bits per heavy atom. The Bertz CT molecular complexity index is 911. The van der Waals surface area contributed by atoms with Gasteiger partial charge in [-0.2, -0.15) is 0 Å². The number of rotatable bonds is 7. The summed E-state index contributed by atoms with van der Waals surface area (Å²) in [7, 11) is 0. The van der Waals surface area contributed by atoms with E-state index in [1.165, 1.54) is 12.1 Å². The smallest absolute Gasteiger partial charge is 0.406 e. The van der Waals surface area contributed by atoms with Gasteiger partial charge in [0.05, 0.1) is 17.8 Å². The minimum atomic E-state index is -4.70. The Balaban J connectivity index is 1.44. The largest absolute Gasteiger partial charge is 0.573 e. The molecule has 1 aliphatic heterocycles. The maximum atomic E-state index is 12.3. The van der Waals surface area contributed by atoms with Crippen LogP contribution >= 0.6 is 0 Å². The predicted octanol–water partition coefficient (Wildman–Crippen LogP) is 2.44. The molecule has 0 aliphatic carbocycles. The molecule has 1 saturated heterocycles. The number of hydrogen-bond donors (Lipinski definition) is 2. The van der Waals surface area contributed by atoms with Crippen LogP contribution in [-0.4, -0.2) is 60.7 Å². The van der Waals surface area contributed by atoms with Crippen LogP contribution in [0, 0.1) is 0 Å². The van der Waals surface area contributed by atoms with E-state index < -0.39 is 12.3 Å². The number of halogens is 3. The van der Waals surface area contributed by atoms with Crippen molar-refractivity contribution in [1.82, 2.24) is 9.80 Å². The molecule has 7 nitrogen and oxygen atoms in total. The van der Waals surface area contributed by atoms with Crippen LogP contribution in [0.3, 0.4) is 0 Å². The number of hydrogen-bond acceptors (Lipinski definition) is 5. The maximum Gasteiger partial charge on any atom is 0.573 e. The number of amides is 2. The number of primary amides is 1. The van der Waals surface area contributed by atoms with Crippen LogP contribution in [0.5, 0.6) is 5.75 Å². The highest BCUT2D eigenvalue weighted by molar-refractivity contribution is 6.03. The lowest BCUT2D eigenvalue weighted by Gasteiger charge is -2.34. The van der Waals surface area contributed by atoms with Crippen LogP contribution in [0.15, 0.2) is 48.5 Å². The quantitative estimate of drug-likeness (QED) is 0.696. The van der Waals surface area contributed by atoms with Crippen LogP contribution in [-0.2, 0) is 11.3 Å². The summed E-state index contributed by atoms with van der Waals surface area (Å²) in [6.45, 7) is 3.54. The van der Waals surface area contributed by atoms with Gasteiger partial charge in [-0.05, 0) is 29.8 Å². The van der Waals surface area contributed by atoms with Crippen LogP contribution in [0.25, 0.3) is 0 Å². The molecule has 1 heterocycles. The van der Waals surface area contributed by atoms with Crippen molar-refractivity contribution in [2.24, 2.45) is 5.73 Å². The molecule has 1 aliphatic rings. The molecule has 31 heavy (non-hydrogen) atoms. The number of alkyl halides is 3. The third-order valence-electron chi connectivity index (χ3n) is 4.86. The summed E-state index contributed by atoms with van der Waals surface area (Å²) >= 11 is 0. The number of ether oxygens (including phenoxy) is 1. The molecular formula is C21H23F3N4O3. The number of nitrogens with two attached hydrogens (primary N) is 1. The van der Waals surface area contributed by atoms with Crippen molar-refractivity contribution in [3.05, 3.63) is 59.7 Å². The van der Waals surface area contributed by atoms with Crippen molar-refractivity contribution in [1.29, 1.82) is 0 Å². The molecule has 0 unspecified atom stereocenters. The van der Waals surface area contributed by atoms with Gasteiger partial charge in [-0.25, -0.2) is 0 Å². The molecule has 10 heteroatoms. The Hall–Kier alpha value is -3.11. The lowest BCUT2D eigenvalue weighted by Crippen LogP contribution is -2.48. The molecule has 0 bridgehead atoms. The first kappa shape index (κ1) is 22.6. The number of carbonyl (C=O) groups excluding carboxylic acids is 2. The van der Waals surface area contributed by atoms with E-state index in [0.29, 0.717) is 38.4 Å². The lowest BCUT2D eigenvalue weighted by molar-refractivity contribution is -0.274. The summed E-state index contributed by atoms with van der Waals surface area (Å²) in [6.07, 6.45) is -4.70. The zero-order chi connectivity index (χ0) is 22.4. The van der Waals surface area contributed by atoms with Crippen molar-refractivity contribution in [3.8, 4) is 5.75 Å². The molecule has 166 valence electrons. The zero-order valence-corrected chi connectivity index (χ0v) is 16.7. The number of nitrogens with zero attached hydrogens (tertiary/aromatic N) is 2. The fourth-order valence-corrected chi connectivity index (χ4v) is 3.36. The van der Waals surface area contributed by atoms with Crippen molar-refractivity contribution in [3.63, 3.8) is 0 Å². The number of para-hydroxylation sites is 1. The van der Waals surface area contributed by atoms with Gasteiger partial charge in [-0.3, -0.25) is 19.4 Å². The summed E-state index contributed by atoms with van der Waals surface area (Å²) in [5.74, 6) is -1.09. The topological polar surface area (TPSA) is 87.9 Å². The minimum Gasteiger partial charge on any atom is -0.406 e. The summed E-state index contributed by atoms with van der Waals surface area (Å²) in [6, 6.07) is 12.4. The van der Waals surface area contributed by atoms with Crippen LogP contribution in [0.1, 0.15) is 15.9 Å². The molecule has 1 fully saturated rings. The molecule has 2 amide bonds. The monoisotopic (exact) mass is 436 g/mol. The molecule has 3 rings (SSSR count). The van der Waals surface area contributed by atoms with E-state index >= 15 is 0 Å². The van der Waals surface area contributed by atoms with E-state index in [2.05, 4.69) is 15.0 Å². The van der Waals surface area contributed by atoms with Gasteiger partial charge in [0.25, 0.3) is 5.91 Å². The second kappa shape index (κ2) is 9.80. The molecule has 2 aromatic rings. The normalized spacial score (nSPS) is 15.5. The lowest BCUT2D eigenvalue weighted by atomic mass is 10.1. The first-order chi connectivity index (χ1) is 14.7. The summed E-state index contributed by atoms with van der Waals surface area (Å²) < 4.78 is 40.6. The highest BCUT2D eigenvalue weighted by Crippen LogP contribution is 2.23. The Morgan fingerprint density at radius 3 is 2.19 bits per heavy atom. The molecule has 0 aromatic heterocycles. The van der Waals surface area contributed by atoms with Crippen LogP contribution in [0.2, 0.25) is 0 Å². The molecule has 3 N–H and O–H groups in total. The van der Waals surface area contributed by atoms with Gasteiger partial charge in [-0.1, -0.05) is 24.3 Å². The second-order valence-electron chi connectivity index (χ2n) is 7.20. The number of nitrogens with one attached hydrogen (secondary N) is 1. The number of benzene rings is 2. The van der Waals surface area contributed by atoms with Crippen LogP contribution < -0.4 is 15.8 Å². The van der Waals surface area contributed by atoms with Gasteiger partial charge in [0, 0.05) is 32.7 Å². The van der Waals surface area contributed by atoms with Gasteiger partial charge < -0.3 is 15.8 Å². The standard InChI is InChI=1S/C21H23F3N4O3/c22-21(23,24)31-16-7-5-15(6-8-16)13-27-9-11-28(12-10-27)14-19(29)26-18-4-2-1-3-17(18)20(25)30/h1-8H,9-14H2,(H2,25,30)(H,26,29). The van der Waals surface area contributed by atoms with Crippen molar-refractivity contribution < 1.29 is 27.5 Å². The molecule has 0 spiro atoms. The highest BCUT2D eigenvalue weighted by Gasteiger charge is 2.31. The molecule has 0 saturated carbocycles. The van der Waals surface area contributed by atoms with Gasteiger partial charge in [0.1, 0.15) is 5.75 Å². The summed E-state index contributed by atoms with van der Waals surface area (Å²) in [4.78, 5) is 28.0. The molecule has 0 radical (unpaired) electrons. The SMILES string of the molecule is NC(=O)c1ccccc1NC(=O)CN1CCN(Cc2ccc(OC(F)(F)F)cc2)CC1. The Labute approximate surface area is 177 Å². The number of anilines is 1. The van der Waals surface area contributed by atoms with Crippen molar-refractivity contribution in [2.75, 3.05) is 38.0 Å².